The van der Waals surface area contributed by atoms with Crippen molar-refractivity contribution in [3.8, 4) is 11.1 Å². The van der Waals surface area contributed by atoms with Crippen LogP contribution in [0.5, 0.6) is 0 Å². The van der Waals surface area contributed by atoms with Crippen molar-refractivity contribution in [3.63, 3.8) is 0 Å². The molecule has 1 heterocycles. The molecule has 2 heteroatoms. The number of rotatable bonds is 3. The van der Waals surface area contributed by atoms with Crippen molar-refractivity contribution in [2.45, 2.75) is 6.54 Å². The quantitative estimate of drug-likeness (QED) is 0.734. The molecule has 0 aliphatic rings. The van der Waals surface area contributed by atoms with Gasteiger partial charge in [0, 0.05) is 11.4 Å². The van der Waals surface area contributed by atoms with Gasteiger partial charge in [0.1, 0.15) is 0 Å². The Bertz CT molecular complexity index is 664. The summed E-state index contributed by atoms with van der Waals surface area (Å²) in [6.07, 6.45) is 0. The maximum Gasteiger partial charge on any atom is 0.0296 e. The van der Waals surface area contributed by atoms with Crippen molar-refractivity contribution in [1.29, 1.82) is 0 Å². The van der Waals surface area contributed by atoms with Crippen LogP contribution >= 0.6 is 11.3 Å². The molecule has 0 unspecified atom stereocenters. The maximum absolute atomic E-state index is 3.20. The van der Waals surface area contributed by atoms with Gasteiger partial charge in [0.15, 0.2) is 0 Å². The van der Waals surface area contributed by atoms with Crippen LogP contribution in [-0.2, 0) is 6.54 Å². The Morgan fingerprint density at radius 2 is 1.89 bits per heavy atom. The van der Waals surface area contributed by atoms with Crippen LogP contribution in [0.1, 0.15) is 4.88 Å². The summed E-state index contributed by atoms with van der Waals surface area (Å²) < 4.78 is 0. The lowest BCUT2D eigenvalue weighted by atomic mass is 10.0. The van der Waals surface area contributed by atoms with E-state index in [0.29, 0.717) is 0 Å². The first-order chi connectivity index (χ1) is 8.88. The van der Waals surface area contributed by atoms with Gasteiger partial charge in [-0.1, -0.05) is 42.5 Å². The lowest BCUT2D eigenvalue weighted by Crippen LogP contribution is -2.02. The predicted molar refractivity (Wildman–Crippen MR) is 80.0 cm³/mol. The highest BCUT2D eigenvalue weighted by Crippen LogP contribution is 2.31. The maximum atomic E-state index is 3.20. The Kier molecular flexibility index (Phi) is 3.13. The molecular weight excluding hydrogens is 238 g/mol. The highest BCUT2D eigenvalue weighted by molar-refractivity contribution is 7.10. The second-order valence-corrected chi connectivity index (χ2v) is 5.35. The minimum atomic E-state index is 0.940. The molecule has 0 saturated heterocycles. The van der Waals surface area contributed by atoms with Gasteiger partial charge in [-0.2, -0.15) is 0 Å². The molecule has 90 valence electrons. The van der Waals surface area contributed by atoms with Crippen molar-refractivity contribution in [2.75, 3.05) is 7.05 Å². The fourth-order valence-electron chi connectivity index (χ4n) is 2.27. The lowest BCUT2D eigenvalue weighted by Gasteiger charge is -2.04. The predicted octanol–water partition coefficient (Wildman–Crippen LogP) is 4.29. The molecule has 0 spiro atoms. The standard InChI is InChI=1S/C16H15NS/c1-17-10-14-9-13(11-18-14)16-8-4-6-12-5-2-3-7-15(12)16/h2-9,11,17H,10H2,1H3. The van der Waals surface area contributed by atoms with E-state index in [0.717, 1.165) is 6.54 Å². The summed E-state index contributed by atoms with van der Waals surface area (Å²) in [7, 11) is 1.98. The summed E-state index contributed by atoms with van der Waals surface area (Å²) in [5, 5.41) is 8.07. The van der Waals surface area contributed by atoms with Crippen molar-refractivity contribution in [3.05, 3.63) is 58.8 Å². The topological polar surface area (TPSA) is 12.0 Å². The van der Waals surface area contributed by atoms with Gasteiger partial charge in [0.2, 0.25) is 0 Å². The average molecular weight is 253 g/mol. The Morgan fingerprint density at radius 3 is 2.78 bits per heavy atom. The summed E-state index contributed by atoms with van der Waals surface area (Å²) in [5.41, 5.74) is 2.65. The van der Waals surface area contributed by atoms with Gasteiger partial charge in [-0.3, -0.25) is 0 Å². The Balaban J connectivity index is 2.12. The Morgan fingerprint density at radius 1 is 1.06 bits per heavy atom. The van der Waals surface area contributed by atoms with E-state index in [4.69, 9.17) is 0 Å². The minimum Gasteiger partial charge on any atom is -0.315 e. The molecule has 0 saturated carbocycles. The van der Waals surface area contributed by atoms with Gasteiger partial charge < -0.3 is 5.32 Å². The summed E-state index contributed by atoms with van der Waals surface area (Å²) in [4.78, 5) is 1.38. The van der Waals surface area contributed by atoms with Gasteiger partial charge in [-0.15, -0.1) is 11.3 Å². The molecule has 2 aromatic carbocycles. The molecule has 3 rings (SSSR count). The van der Waals surface area contributed by atoms with E-state index in [-0.39, 0.29) is 0 Å². The molecule has 0 aliphatic carbocycles. The van der Waals surface area contributed by atoms with E-state index < -0.39 is 0 Å². The first-order valence-corrected chi connectivity index (χ1v) is 6.96. The zero-order valence-electron chi connectivity index (χ0n) is 10.3. The second kappa shape index (κ2) is 4.92. The normalized spacial score (nSPS) is 10.9. The number of thiophene rings is 1. The van der Waals surface area contributed by atoms with Crippen LogP contribution in [-0.4, -0.2) is 7.05 Å². The van der Waals surface area contributed by atoms with Crippen LogP contribution in [0.4, 0.5) is 0 Å². The van der Waals surface area contributed by atoms with Crippen LogP contribution in [0.3, 0.4) is 0 Å². The molecule has 0 amide bonds. The number of benzene rings is 2. The van der Waals surface area contributed by atoms with E-state index in [1.807, 2.05) is 18.4 Å². The monoisotopic (exact) mass is 253 g/mol. The van der Waals surface area contributed by atoms with Crippen molar-refractivity contribution in [2.24, 2.45) is 0 Å². The van der Waals surface area contributed by atoms with Gasteiger partial charge in [0.25, 0.3) is 0 Å². The molecule has 0 radical (unpaired) electrons. The highest BCUT2D eigenvalue weighted by atomic mass is 32.1. The largest absolute Gasteiger partial charge is 0.315 e. The molecule has 0 fully saturated rings. The van der Waals surface area contributed by atoms with Crippen LogP contribution in [0, 0.1) is 0 Å². The summed E-state index contributed by atoms with van der Waals surface area (Å²) >= 11 is 1.82. The lowest BCUT2D eigenvalue weighted by molar-refractivity contribution is 0.831. The molecule has 1 aromatic heterocycles. The van der Waals surface area contributed by atoms with Crippen molar-refractivity contribution in [1.82, 2.24) is 5.32 Å². The number of hydrogen-bond acceptors (Lipinski definition) is 2. The zero-order chi connectivity index (χ0) is 12.4. The third-order valence-electron chi connectivity index (χ3n) is 3.11. The first kappa shape index (κ1) is 11.5. The smallest absolute Gasteiger partial charge is 0.0296 e. The summed E-state index contributed by atoms with van der Waals surface area (Å²) in [6.45, 7) is 0.940. The van der Waals surface area contributed by atoms with Gasteiger partial charge in [-0.25, -0.2) is 0 Å². The van der Waals surface area contributed by atoms with Crippen LogP contribution in [0.25, 0.3) is 21.9 Å². The van der Waals surface area contributed by atoms with E-state index in [9.17, 15) is 0 Å². The van der Waals surface area contributed by atoms with Crippen molar-refractivity contribution < 1.29 is 0 Å². The Hall–Kier alpha value is -1.64. The SMILES string of the molecule is CNCc1cc(-c2cccc3ccccc23)cs1. The minimum absolute atomic E-state index is 0.940. The third kappa shape index (κ3) is 2.05. The van der Waals surface area contributed by atoms with Crippen LogP contribution in [0.15, 0.2) is 53.9 Å². The number of hydrogen-bond donors (Lipinski definition) is 1. The fourth-order valence-corrected chi connectivity index (χ4v) is 3.16. The van der Waals surface area contributed by atoms with E-state index in [1.54, 1.807) is 0 Å². The summed E-state index contributed by atoms with van der Waals surface area (Å²) in [6, 6.07) is 17.3. The molecule has 3 aromatic rings. The third-order valence-corrected chi connectivity index (χ3v) is 4.04. The number of nitrogens with one attached hydrogen (secondary N) is 1. The van der Waals surface area contributed by atoms with Crippen LogP contribution in [0.2, 0.25) is 0 Å². The van der Waals surface area contributed by atoms with E-state index in [2.05, 4.69) is 59.2 Å². The molecule has 18 heavy (non-hydrogen) atoms. The number of fused-ring (bicyclic) bond motifs is 1. The molecule has 1 nitrogen and oxygen atoms in total. The molecule has 0 aliphatic heterocycles. The Labute approximate surface area is 111 Å². The average Bonchev–Trinajstić information content (AvgIpc) is 2.87. The van der Waals surface area contributed by atoms with E-state index >= 15 is 0 Å². The van der Waals surface area contributed by atoms with Gasteiger partial charge in [-0.05, 0) is 40.4 Å². The molecule has 0 bridgehead atoms. The van der Waals surface area contributed by atoms with Crippen LogP contribution < -0.4 is 5.32 Å². The fraction of sp³-hybridized carbons (Fsp3) is 0.125. The van der Waals surface area contributed by atoms with Crippen molar-refractivity contribution >= 4 is 22.1 Å². The first-order valence-electron chi connectivity index (χ1n) is 6.08. The second-order valence-electron chi connectivity index (χ2n) is 4.36. The molecule has 1 N–H and O–H groups in total. The molecule has 0 atom stereocenters. The van der Waals surface area contributed by atoms with E-state index in [1.165, 1.54) is 26.8 Å². The summed E-state index contributed by atoms with van der Waals surface area (Å²) in [5.74, 6) is 0. The highest BCUT2D eigenvalue weighted by Gasteiger charge is 2.05. The van der Waals surface area contributed by atoms with Gasteiger partial charge in [0.05, 0.1) is 0 Å². The molecular formula is C16H15NS. The van der Waals surface area contributed by atoms with Gasteiger partial charge >= 0.3 is 0 Å². The zero-order valence-corrected chi connectivity index (χ0v) is 11.1.